The lowest BCUT2D eigenvalue weighted by Crippen LogP contribution is -2.37. The molecule has 146 valence electrons. The number of rotatable bonds is 5. The van der Waals surface area contributed by atoms with Crippen molar-refractivity contribution in [2.45, 2.75) is 18.9 Å². The Bertz CT molecular complexity index is 909. The summed E-state index contributed by atoms with van der Waals surface area (Å²) in [6.07, 6.45) is 0.807. The van der Waals surface area contributed by atoms with Crippen LogP contribution in [0.4, 0.5) is 15.8 Å². The Hall–Kier alpha value is -2.16. The lowest BCUT2D eigenvalue weighted by atomic mass is 10.1. The van der Waals surface area contributed by atoms with Gasteiger partial charge in [0.2, 0.25) is 15.9 Å². The zero-order valence-electron chi connectivity index (χ0n) is 14.5. The van der Waals surface area contributed by atoms with Crippen molar-refractivity contribution in [3.05, 3.63) is 59.9 Å². The maximum Gasteiger partial charge on any atom is 0.241 e. The van der Waals surface area contributed by atoms with Gasteiger partial charge < -0.3 is 11.1 Å². The number of nitrogens with one attached hydrogen (secondary N) is 1. The van der Waals surface area contributed by atoms with Crippen LogP contribution < -0.4 is 15.4 Å². The van der Waals surface area contributed by atoms with Crippen LogP contribution in [0.15, 0.2) is 48.5 Å². The smallest absolute Gasteiger partial charge is 0.241 e. The molecule has 1 saturated heterocycles. The minimum absolute atomic E-state index is 0. The number of nitrogens with zero attached hydrogens (tertiary/aromatic N) is 1. The summed E-state index contributed by atoms with van der Waals surface area (Å²) in [6.45, 7) is 0.226. The van der Waals surface area contributed by atoms with E-state index in [1.165, 1.54) is 12.1 Å². The molecule has 1 fully saturated rings. The lowest BCUT2D eigenvalue weighted by molar-refractivity contribution is -0.117. The van der Waals surface area contributed by atoms with E-state index >= 15 is 0 Å². The van der Waals surface area contributed by atoms with Gasteiger partial charge in [0.15, 0.2) is 0 Å². The number of sulfonamides is 1. The largest absolute Gasteiger partial charge is 0.325 e. The minimum Gasteiger partial charge on any atom is -0.325 e. The van der Waals surface area contributed by atoms with E-state index in [1.54, 1.807) is 0 Å². The molecule has 3 N–H and O–H groups in total. The van der Waals surface area contributed by atoms with Gasteiger partial charge in [-0.1, -0.05) is 30.3 Å². The quantitative estimate of drug-likeness (QED) is 0.786. The molecular weight excluding hydrogens is 393 g/mol. The standard InChI is InChI=1S/C18H20FN3O3S.ClH/c19-15-8-7-14(12-17(15)22-9-4-10-26(22,24)25)21-18(23)16(20)11-13-5-2-1-3-6-13;/h1-3,5-8,12,16H,4,9-11,20H2,(H,21,23);1H/t16-;/m0./s1. The molecule has 1 atom stereocenters. The molecule has 27 heavy (non-hydrogen) atoms. The van der Waals surface area contributed by atoms with Gasteiger partial charge in [-0.25, -0.2) is 12.8 Å². The predicted octanol–water partition coefficient (Wildman–Crippen LogP) is 2.30. The summed E-state index contributed by atoms with van der Waals surface area (Å²) in [7, 11) is -3.51. The van der Waals surface area contributed by atoms with E-state index in [2.05, 4.69) is 5.32 Å². The second-order valence-electron chi connectivity index (χ2n) is 6.19. The van der Waals surface area contributed by atoms with Gasteiger partial charge in [0.1, 0.15) is 5.82 Å². The number of nitrogens with two attached hydrogens (primary N) is 1. The van der Waals surface area contributed by atoms with Crippen molar-refractivity contribution >= 4 is 39.7 Å². The lowest BCUT2D eigenvalue weighted by Gasteiger charge is -2.19. The van der Waals surface area contributed by atoms with E-state index in [-0.39, 0.29) is 30.4 Å². The van der Waals surface area contributed by atoms with Crippen molar-refractivity contribution in [3.8, 4) is 0 Å². The molecular formula is C18H21ClFN3O3S. The molecule has 1 heterocycles. The molecule has 2 aromatic rings. The van der Waals surface area contributed by atoms with Crippen LogP contribution >= 0.6 is 12.4 Å². The number of hydrogen-bond acceptors (Lipinski definition) is 4. The number of benzene rings is 2. The normalized spacial score (nSPS) is 16.4. The van der Waals surface area contributed by atoms with E-state index in [9.17, 15) is 17.6 Å². The first kappa shape index (κ1) is 21.1. The van der Waals surface area contributed by atoms with Gasteiger partial charge in [-0.3, -0.25) is 9.10 Å². The van der Waals surface area contributed by atoms with Gasteiger partial charge in [-0.05, 0) is 36.6 Å². The second kappa shape index (κ2) is 8.69. The number of anilines is 2. The fraction of sp³-hybridized carbons (Fsp3) is 0.278. The van der Waals surface area contributed by atoms with Gasteiger partial charge >= 0.3 is 0 Å². The zero-order valence-corrected chi connectivity index (χ0v) is 16.1. The zero-order chi connectivity index (χ0) is 18.7. The average Bonchev–Trinajstić information content (AvgIpc) is 2.96. The van der Waals surface area contributed by atoms with E-state index in [4.69, 9.17) is 5.73 Å². The Morgan fingerprint density at radius 2 is 1.93 bits per heavy atom. The van der Waals surface area contributed by atoms with Crippen molar-refractivity contribution in [2.24, 2.45) is 5.73 Å². The second-order valence-corrected chi connectivity index (χ2v) is 8.21. The summed E-state index contributed by atoms with van der Waals surface area (Å²) < 4.78 is 39.2. The van der Waals surface area contributed by atoms with Crippen LogP contribution in [0.1, 0.15) is 12.0 Å². The van der Waals surface area contributed by atoms with Gasteiger partial charge in [0.25, 0.3) is 0 Å². The summed E-state index contributed by atoms with van der Waals surface area (Å²) in [6, 6.07) is 12.4. The van der Waals surface area contributed by atoms with Crippen LogP contribution in [0.3, 0.4) is 0 Å². The first-order valence-corrected chi connectivity index (χ1v) is 9.88. The monoisotopic (exact) mass is 413 g/mol. The molecule has 6 nitrogen and oxygen atoms in total. The molecule has 1 aliphatic heterocycles. The van der Waals surface area contributed by atoms with Crippen LogP contribution in [0.5, 0.6) is 0 Å². The van der Waals surface area contributed by atoms with E-state index in [1.807, 2.05) is 30.3 Å². The highest BCUT2D eigenvalue weighted by Gasteiger charge is 2.30. The third-order valence-electron chi connectivity index (χ3n) is 4.22. The first-order chi connectivity index (χ1) is 12.4. The molecule has 1 aliphatic rings. The Balaban J connectivity index is 0.00000261. The minimum atomic E-state index is -3.51. The van der Waals surface area contributed by atoms with Crippen molar-refractivity contribution in [3.63, 3.8) is 0 Å². The van der Waals surface area contributed by atoms with Gasteiger partial charge in [-0.2, -0.15) is 0 Å². The Labute approximate surface area is 164 Å². The van der Waals surface area contributed by atoms with Crippen LogP contribution in [-0.2, 0) is 21.2 Å². The maximum absolute atomic E-state index is 14.1. The van der Waals surface area contributed by atoms with Gasteiger partial charge in [0, 0.05) is 12.2 Å². The number of carbonyl (C=O) groups excluding carboxylic acids is 1. The van der Waals surface area contributed by atoms with Gasteiger partial charge in [0.05, 0.1) is 17.5 Å². The summed E-state index contributed by atoms with van der Waals surface area (Å²) in [5, 5.41) is 2.63. The molecule has 0 bridgehead atoms. The Morgan fingerprint density at radius 3 is 2.56 bits per heavy atom. The number of halogens is 2. The van der Waals surface area contributed by atoms with E-state index < -0.39 is 27.8 Å². The molecule has 0 unspecified atom stereocenters. The van der Waals surface area contributed by atoms with Gasteiger partial charge in [-0.15, -0.1) is 12.4 Å². The summed E-state index contributed by atoms with van der Waals surface area (Å²) in [5.41, 5.74) is 7.11. The Kier molecular flexibility index (Phi) is 6.80. The molecule has 0 saturated carbocycles. The molecule has 0 radical (unpaired) electrons. The van der Waals surface area contributed by atoms with Crippen molar-refractivity contribution in [2.75, 3.05) is 21.9 Å². The van der Waals surface area contributed by atoms with Crippen LogP contribution in [0, 0.1) is 5.82 Å². The number of amides is 1. The highest BCUT2D eigenvalue weighted by Crippen LogP contribution is 2.29. The molecule has 1 amide bonds. The van der Waals surface area contributed by atoms with Crippen LogP contribution in [0.25, 0.3) is 0 Å². The number of hydrogen-bond donors (Lipinski definition) is 2. The van der Waals surface area contributed by atoms with E-state index in [0.717, 1.165) is 15.9 Å². The van der Waals surface area contributed by atoms with Crippen molar-refractivity contribution < 1.29 is 17.6 Å². The molecule has 0 spiro atoms. The predicted molar refractivity (Wildman–Crippen MR) is 106 cm³/mol. The number of carbonyl (C=O) groups is 1. The third-order valence-corrected chi connectivity index (χ3v) is 6.07. The molecule has 2 aromatic carbocycles. The third kappa shape index (κ3) is 4.97. The molecule has 0 aliphatic carbocycles. The van der Waals surface area contributed by atoms with Crippen molar-refractivity contribution in [1.82, 2.24) is 0 Å². The van der Waals surface area contributed by atoms with Crippen molar-refractivity contribution in [1.29, 1.82) is 0 Å². The highest BCUT2D eigenvalue weighted by molar-refractivity contribution is 7.93. The first-order valence-electron chi connectivity index (χ1n) is 8.27. The summed E-state index contributed by atoms with van der Waals surface area (Å²) >= 11 is 0. The molecule has 3 rings (SSSR count). The fourth-order valence-corrected chi connectivity index (χ4v) is 4.45. The molecule has 9 heteroatoms. The van der Waals surface area contributed by atoms with E-state index in [0.29, 0.717) is 18.5 Å². The fourth-order valence-electron chi connectivity index (χ4n) is 2.89. The summed E-state index contributed by atoms with van der Waals surface area (Å²) in [5.74, 6) is -1.08. The summed E-state index contributed by atoms with van der Waals surface area (Å²) in [4.78, 5) is 12.3. The maximum atomic E-state index is 14.1. The topological polar surface area (TPSA) is 92.5 Å². The SMILES string of the molecule is Cl.N[C@@H](Cc1ccccc1)C(=O)Nc1ccc(F)c(N2CCCS2(=O)=O)c1. The van der Waals surface area contributed by atoms with Crippen LogP contribution in [-0.4, -0.2) is 32.7 Å². The highest BCUT2D eigenvalue weighted by atomic mass is 35.5. The Morgan fingerprint density at radius 1 is 1.22 bits per heavy atom. The average molecular weight is 414 g/mol. The van der Waals surface area contributed by atoms with Crippen LogP contribution in [0.2, 0.25) is 0 Å². The molecule has 0 aromatic heterocycles.